The molecule has 3 aromatic rings. The first-order valence-electron chi connectivity index (χ1n) is 7.40. The highest BCUT2D eigenvalue weighted by molar-refractivity contribution is 7.71. The normalized spacial score (nSPS) is 12.7. The van der Waals surface area contributed by atoms with Crippen LogP contribution in [0.15, 0.2) is 48.5 Å². The molecule has 1 aromatic heterocycles. The largest absolute Gasteiger partial charge is 0.331 e. The van der Waals surface area contributed by atoms with Gasteiger partial charge >= 0.3 is 0 Å². The standard InChI is InChI=1S/C18H20N2S/c1-13(15-8-4-3-5-9-15)11-12-20-17-14(2)7-6-10-16(17)19-18(20)21/h3-10,13H,11-12H2,1-2H3,(H,19,21). The molecule has 0 aliphatic carbocycles. The van der Waals surface area contributed by atoms with E-state index in [4.69, 9.17) is 12.2 Å². The molecule has 1 heterocycles. The number of hydrogen-bond donors (Lipinski definition) is 1. The van der Waals surface area contributed by atoms with Crippen LogP contribution in [0.5, 0.6) is 0 Å². The van der Waals surface area contributed by atoms with E-state index in [0.29, 0.717) is 5.92 Å². The molecule has 3 heteroatoms. The summed E-state index contributed by atoms with van der Waals surface area (Å²) >= 11 is 5.49. The molecular weight excluding hydrogens is 276 g/mol. The second kappa shape index (κ2) is 5.86. The van der Waals surface area contributed by atoms with Crippen molar-refractivity contribution in [3.8, 4) is 0 Å². The number of nitrogens with one attached hydrogen (secondary N) is 1. The van der Waals surface area contributed by atoms with E-state index in [1.807, 2.05) is 0 Å². The van der Waals surface area contributed by atoms with Gasteiger partial charge in [0.2, 0.25) is 0 Å². The van der Waals surface area contributed by atoms with Crippen LogP contribution < -0.4 is 0 Å². The number of rotatable bonds is 4. The van der Waals surface area contributed by atoms with Gasteiger partial charge in [-0.1, -0.05) is 49.4 Å². The topological polar surface area (TPSA) is 20.7 Å². The molecule has 0 radical (unpaired) electrons. The van der Waals surface area contributed by atoms with Crippen LogP contribution in [0, 0.1) is 11.7 Å². The molecule has 2 nitrogen and oxygen atoms in total. The van der Waals surface area contributed by atoms with Gasteiger partial charge in [-0.25, -0.2) is 0 Å². The average molecular weight is 296 g/mol. The Bertz CT molecular complexity index is 799. The first-order valence-corrected chi connectivity index (χ1v) is 7.80. The molecule has 0 aliphatic heterocycles. The zero-order valence-corrected chi connectivity index (χ0v) is 13.3. The van der Waals surface area contributed by atoms with E-state index in [0.717, 1.165) is 23.3 Å². The van der Waals surface area contributed by atoms with Gasteiger partial charge in [-0.05, 0) is 48.7 Å². The fourth-order valence-electron chi connectivity index (χ4n) is 2.89. The quantitative estimate of drug-likeness (QED) is 0.656. The third-order valence-corrected chi connectivity index (χ3v) is 4.47. The number of benzene rings is 2. The van der Waals surface area contributed by atoms with E-state index in [2.05, 4.69) is 71.9 Å². The highest BCUT2D eigenvalue weighted by Gasteiger charge is 2.09. The number of nitrogens with zero attached hydrogens (tertiary/aromatic N) is 1. The van der Waals surface area contributed by atoms with Gasteiger partial charge in [0.05, 0.1) is 11.0 Å². The van der Waals surface area contributed by atoms with Crippen molar-refractivity contribution < 1.29 is 0 Å². The minimum Gasteiger partial charge on any atom is -0.331 e. The van der Waals surface area contributed by atoms with Crippen molar-refractivity contribution in [2.24, 2.45) is 0 Å². The first kappa shape index (κ1) is 14.1. The van der Waals surface area contributed by atoms with Crippen molar-refractivity contribution >= 4 is 23.3 Å². The van der Waals surface area contributed by atoms with Crippen LogP contribution in [0.25, 0.3) is 11.0 Å². The van der Waals surface area contributed by atoms with E-state index in [9.17, 15) is 0 Å². The van der Waals surface area contributed by atoms with Crippen molar-refractivity contribution in [3.05, 3.63) is 64.4 Å². The molecule has 1 atom stereocenters. The maximum atomic E-state index is 5.49. The van der Waals surface area contributed by atoms with Crippen LogP contribution in [0.4, 0.5) is 0 Å². The minimum absolute atomic E-state index is 0.530. The summed E-state index contributed by atoms with van der Waals surface area (Å²) in [6, 6.07) is 17.0. The molecule has 0 aliphatic rings. The number of aromatic amines is 1. The monoisotopic (exact) mass is 296 g/mol. The van der Waals surface area contributed by atoms with Crippen molar-refractivity contribution in [1.29, 1.82) is 0 Å². The highest BCUT2D eigenvalue weighted by atomic mass is 32.1. The average Bonchev–Trinajstić information content (AvgIpc) is 2.82. The molecule has 0 saturated heterocycles. The lowest BCUT2D eigenvalue weighted by molar-refractivity contribution is 0.581. The lowest BCUT2D eigenvalue weighted by Gasteiger charge is -2.13. The Balaban J connectivity index is 1.86. The Labute approximate surface area is 130 Å². The smallest absolute Gasteiger partial charge is 0.178 e. The van der Waals surface area contributed by atoms with E-state index < -0.39 is 0 Å². The maximum Gasteiger partial charge on any atom is 0.178 e. The number of aryl methyl sites for hydroxylation is 2. The van der Waals surface area contributed by atoms with Crippen molar-refractivity contribution in [2.75, 3.05) is 0 Å². The van der Waals surface area contributed by atoms with Crippen LogP contribution in [0.1, 0.15) is 30.4 Å². The third kappa shape index (κ3) is 2.79. The summed E-state index contributed by atoms with van der Waals surface area (Å²) in [6.45, 7) is 5.36. The van der Waals surface area contributed by atoms with E-state index in [1.165, 1.54) is 16.6 Å². The Kier molecular flexibility index (Phi) is 3.93. The predicted octanol–water partition coefficient (Wildman–Crippen LogP) is 5.20. The molecule has 21 heavy (non-hydrogen) atoms. The molecule has 108 valence electrons. The van der Waals surface area contributed by atoms with Crippen LogP contribution >= 0.6 is 12.2 Å². The summed E-state index contributed by atoms with van der Waals surface area (Å²) in [4.78, 5) is 3.31. The molecule has 0 spiro atoms. The SMILES string of the molecule is Cc1cccc2[nH]c(=S)n(CCC(C)c3ccccc3)c12. The van der Waals surface area contributed by atoms with Gasteiger partial charge in [0.1, 0.15) is 0 Å². The summed E-state index contributed by atoms with van der Waals surface area (Å²) in [5.74, 6) is 0.530. The van der Waals surface area contributed by atoms with E-state index >= 15 is 0 Å². The molecule has 0 saturated carbocycles. The lowest BCUT2D eigenvalue weighted by Crippen LogP contribution is -2.03. The Morgan fingerprint density at radius 2 is 1.86 bits per heavy atom. The maximum absolute atomic E-state index is 5.49. The van der Waals surface area contributed by atoms with Crippen LogP contribution in [-0.2, 0) is 6.54 Å². The summed E-state index contributed by atoms with van der Waals surface area (Å²) in [6.07, 6.45) is 1.08. The van der Waals surface area contributed by atoms with Crippen molar-refractivity contribution in [2.45, 2.75) is 32.7 Å². The second-order valence-corrected chi connectivity index (χ2v) is 6.04. The molecular formula is C18H20N2S. The Hall–Kier alpha value is -1.87. The van der Waals surface area contributed by atoms with Gasteiger partial charge in [0.15, 0.2) is 4.77 Å². The first-order chi connectivity index (χ1) is 10.2. The van der Waals surface area contributed by atoms with Crippen LogP contribution in [-0.4, -0.2) is 9.55 Å². The number of para-hydroxylation sites is 1. The number of imidazole rings is 1. The second-order valence-electron chi connectivity index (χ2n) is 5.65. The summed E-state index contributed by atoms with van der Waals surface area (Å²) < 4.78 is 3.05. The molecule has 1 unspecified atom stereocenters. The molecule has 3 rings (SSSR count). The molecule has 0 bridgehead atoms. The molecule has 1 N–H and O–H groups in total. The van der Waals surface area contributed by atoms with Gasteiger partial charge in [0.25, 0.3) is 0 Å². The van der Waals surface area contributed by atoms with E-state index in [-0.39, 0.29) is 0 Å². The Morgan fingerprint density at radius 1 is 1.10 bits per heavy atom. The van der Waals surface area contributed by atoms with Gasteiger partial charge in [-0.15, -0.1) is 0 Å². The van der Waals surface area contributed by atoms with Crippen molar-refractivity contribution in [3.63, 3.8) is 0 Å². The predicted molar refractivity (Wildman–Crippen MR) is 91.3 cm³/mol. The number of H-pyrrole nitrogens is 1. The number of hydrogen-bond acceptors (Lipinski definition) is 1. The minimum atomic E-state index is 0.530. The lowest BCUT2D eigenvalue weighted by atomic mass is 9.98. The number of aromatic nitrogens is 2. The summed E-state index contributed by atoms with van der Waals surface area (Å²) in [5.41, 5.74) is 5.03. The third-order valence-electron chi connectivity index (χ3n) is 4.15. The zero-order valence-electron chi connectivity index (χ0n) is 12.5. The fraction of sp³-hybridized carbons (Fsp3) is 0.278. The zero-order chi connectivity index (χ0) is 14.8. The van der Waals surface area contributed by atoms with Gasteiger partial charge in [0, 0.05) is 6.54 Å². The summed E-state index contributed by atoms with van der Waals surface area (Å²) in [5, 5.41) is 0. The molecule has 0 amide bonds. The van der Waals surface area contributed by atoms with Gasteiger partial charge < -0.3 is 9.55 Å². The fourth-order valence-corrected chi connectivity index (χ4v) is 3.18. The van der Waals surface area contributed by atoms with Crippen LogP contribution in [0.3, 0.4) is 0 Å². The molecule has 0 fully saturated rings. The van der Waals surface area contributed by atoms with E-state index in [1.54, 1.807) is 0 Å². The highest BCUT2D eigenvalue weighted by Crippen LogP contribution is 2.23. The van der Waals surface area contributed by atoms with Crippen LogP contribution in [0.2, 0.25) is 0 Å². The number of fused-ring (bicyclic) bond motifs is 1. The van der Waals surface area contributed by atoms with Crippen molar-refractivity contribution in [1.82, 2.24) is 9.55 Å². The molecule has 2 aromatic carbocycles. The summed E-state index contributed by atoms with van der Waals surface area (Å²) in [7, 11) is 0. The van der Waals surface area contributed by atoms with Gasteiger partial charge in [-0.2, -0.15) is 0 Å². The van der Waals surface area contributed by atoms with Gasteiger partial charge in [-0.3, -0.25) is 0 Å². The Morgan fingerprint density at radius 3 is 2.62 bits per heavy atom.